The van der Waals surface area contributed by atoms with Gasteiger partial charge in [-0.1, -0.05) is 18.2 Å². The molecule has 0 bridgehead atoms. The molecule has 0 aromatic heterocycles. The molecule has 1 aromatic rings. The normalized spacial score (nSPS) is 20.2. The van der Waals surface area contributed by atoms with Crippen molar-refractivity contribution < 1.29 is 9.18 Å². The molecule has 1 amide bonds. The summed E-state index contributed by atoms with van der Waals surface area (Å²) in [6.07, 6.45) is 1.71. The molecule has 84 valence electrons. The molecule has 1 fully saturated rings. The first kappa shape index (κ1) is 11.2. The summed E-state index contributed by atoms with van der Waals surface area (Å²) in [5.41, 5.74) is 0.958. The molecule has 1 aromatic carbocycles. The summed E-state index contributed by atoms with van der Waals surface area (Å²) in [5, 5.41) is -0.00824. The Morgan fingerprint density at radius 1 is 1.50 bits per heavy atom. The van der Waals surface area contributed by atoms with E-state index in [2.05, 4.69) is 6.58 Å². The fraction of sp³-hybridized carbons (Fsp3) is 0.250. The maximum absolute atomic E-state index is 12.8. The Hall–Kier alpha value is -1.29. The highest BCUT2D eigenvalue weighted by Crippen LogP contribution is 2.38. The molecule has 0 saturated carbocycles. The molecule has 1 atom stereocenters. The van der Waals surface area contributed by atoms with Crippen molar-refractivity contribution in [2.24, 2.45) is 0 Å². The number of rotatable bonds is 3. The Balaban J connectivity index is 2.22. The van der Waals surface area contributed by atoms with Gasteiger partial charge in [0.2, 0.25) is 5.91 Å². The summed E-state index contributed by atoms with van der Waals surface area (Å²) >= 11 is 1.56. The van der Waals surface area contributed by atoms with Crippen LogP contribution < -0.4 is 0 Å². The van der Waals surface area contributed by atoms with Gasteiger partial charge in [0, 0.05) is 6.54 Å². The van der Waals surface area contributed by atoms with Gasteiger partial charge in [-0.25, -0.2) is 4.39 Å². The fourth-order valence-electron chi connectivity index (χ4n) is 1.69. The van der Waals surface area contributed by atoms with Crippen LogP contribution in [0.2, 0.25) is 0 Å². The third-order valence-corrected chi connectivity index (χ3v) is 3.71. The van der Waals surface area contributed by atoms with Gasteiger partial charge in [-0.05, 0) is 17.7 Å². The van der Waals surface area contributed by atoms with E-state index in [0.717, 1.165) is 5.56 Å². The zero-order valence-electron chi connectivity index (χ0n) is 8.73. The van der Waals surface area contributed by atoms with Gasteiger partial charge in [0.25, 0.3) is 0 Å². The standard InChI is InChI=1S/C12H12FNOS/c1-2-7-14-11(15)8-16-12(14)9-3-5-10(13)6-4-9/h2-6,12H,1,7-8H2. The molecular formula is C12H12FNOS. The summed E-state index contributed by atoms with van der Waals surface area (Å²) in [4.78, 5) is 13.4. The smallest absolute Gasteiger partial charge is 0.234 e. The van der Waals surface area contributed by atoms with Gasteiger partial charge in [-0.15, -0.1) is 18.3 Å². The van der Waals surface area contributed by atoms with E-state index >= 15 is 0 Å². The SMILES string of the molecule is C=CCN1C(=O)CSC1c1ccc(F)cc1. The van der Waals surface area contributed by atoms with Crippen LogP contribution in [0.3, 0.4) is 0 Å². The van der Waals surface area contributed by atoms with Crippen LogP contribution in [-0.2, 0) is 4.79 Å². The van der Waals surface area contributed by atoms with E-state index in [1.165, 1.54) is 12.1 Å². The van der Waals surface area contributed by atoms with Crippen molar-refractivity contribution in [3.05, 3.63) is 48.3 Å². The van der Waals surface area contributed by atoms with Gasteiger partial charge in [0.15, 0.2) is 0 Å². The number of carbonyl (C=O) groups excluding carboxylic acids is 1. The maximum atomic E-state index is 12.8. The zero-order chi connectivity index (χ0) is 11.5. The van der Waals surface area contributed by atoms with Crippen molar-refractivity contribution >= 4 is 17.7 Å². The summed E-state index contributed by atoms with van der Waals surface area (Å²) in [5.74, 6) is 0.336. The van der Waals surface area contributed by atoms with Crippen molar-refractivity contribution in [2.75, 3.05) is 12.3 Å². The van der Waals surface area contributed by atoms with Crippen molar-refractivity contribution in [3.63, 3.8) is 0 Å². The average molecular weight is 237 g/mol. The Morgan fingerprint density at radius 2 is 2.19 bits per heavy atom. The number of benzene rings is 1. The molecule has 16 heavy (non-hydrogen) atoms. The number of carbonyl (C=O) groups is 1. The van der Waals surface area contributed by atoms with Crippen LogP contribution in [0.4, 0.5) is 4.39 Å². The number of hydrogen-bond acceptors (Lipinski definition) is 2. The summed E-state index contributed by atoms with van der Waals surface area (Å²) in [7, 11) is 0. The molecule has 0 radical (unpaired) electrons. The molecular weight excluding hydrogens is 225 g/mol. The van der Waals surface area contributed by atoms with Crippen molar-refractivity contribution in [2.45, 2.75) is 5.37 Å². The first-order chi connectivity index (χ1) is 7.72. The average Bonchev–Trinajstić information content (AvgIpc) is 2.63. The van der Waals surface area contributed by atoms with Crippen molar-refractivity contribution in [3.8, 4) is 0 Å². The highest BCUT2D eigenvalue weighted by Gasteiger charge is 2.31. The van der Waals surface area contributed by atoms with E-state index in [4.69, 9.17) is 0 Å². The molecule has 1 heterocycles. The third kappa shape index (κ3) is 2.11. The number of thioether (sulfide) groups is 1. The van der Waals surface area contributed by atoms with Gasteiger partial charge < -0.3 is 4.90 Å². The first-order valence-electron chi connectivity index (χ1n) is 5.00. The molecule has 0 aliphatic carbocycles. The van der Waals surface area contributed by atoms with Gasteiger partial charge >= 0.3 is 0 Å². The third-order valence-electron chi connectivity index (χ3n) is 2.45. The molecule has 1 saturated heterocycles. The second-order valence-corrected chi connectivity index (χ2v) is 4.62. The number of halogens is 1. The lowest BCUT2D eigenvalue weighted by Crippen LogP contribution is -2.28. The molecule has 1 unspecified atom stereocenters. The molecule has 1 aliphatic heterocycles. The number of amides is 1. The minimum Gasteiger partial charge on any atom is -0.322 e. The molecule has 1 aliphatic rings. The van der Waals surface area contributed by atoms with E-state index in [1.807, 2.05) is 0 Å². The van der Waals surface area contributed by atoms with Crippen LogP contribution in [0, 0.1) is 5.82 Å². The van der Waals surface area contributed by atoms with E-state index < -0.39 is 0 Å². The van der Waals surface area contributed by atoms with Crippen molar-refractivity contribution in [1.82, 2.24) is 4.90 Å². The maximum Gasteiger partial charge on any atom is 0.234 e. The Morgan fingerprint density at radius 3 is 2.81 bits per heavy atom. The van der Waals surface area contributed by atoms with Crippen LogP contribution in [0.1, 0.15) is 10.9 Å². The monoisotopic (exact) mass is 237 g/mol. The Kier molecular flexibility index (Phi) is 3.29. The molecule has 2 nitrogen and oxygen atoms in total. The molecule has 0 spiro atoms. The molecule has 0 N–H and O–H groups in total. The minimum atomic E-state index is -0.256. The zero-order valence-corrected chi connectivity index (χ0v) is 9.54. The van der Waals surface area contributed by atoms with E-state index in [-0.39, 0.29) is 17.1 Å². The first-order valence-corrected chi connectivity index (χ1v) is 6.04. The second-order valence-electron chi connectivity index (χ2n) is 3.55. The van der Waals surface area contributed by atoms with Gasteiger partial charge in [-0.3, -0.25) is 4.79 Å². The summed E-state index contributed by atoms with van der Waals surface area (Å²) < 4.78 is 12.8. The van der Waals surface area contributed by atoms with Crippen molar-refractivity contribution in [1.29, 1.82) is 0 Å². The lowest BCUT2D eigenvalue weighted by molar-refractivity contribution is -0.127. The number of nitrogens with zero attached hydrogens (tertiary/aromatic N) is 1. The van der Waals surface area contributed by atoms with Crippen LogP contribution in [0.25, 0.3) is 0 Å². The topological polar surface area (TPSA) is 20.3 Å². The van der Waals surface area contributed by atoms with Gasteiger partial charge in [0.05, 0.1) is 5.75 Å². The van der Waals surface area contributed by atoms with Gasteiger partial charge in [-0.2, -0.15) is 0 Å². The van der Waals surface area contributed by atoms with Crippen LogP contribution >= 0.6 is 11.8 Å². The van der Waals surface area contributed by atoms with E-state index in [1.54, 1.807) is 34.9 Å². The predicted octanol–water partition coefficient (Wildman–Crippen LogP) is 2.59. The minimum absolute atomic E-state index is 0.00824. The lowest BCUT2D eigenvalue weighted by Gasteiger charge is -2.22. The second kappa shape index (κ2) is 4.70. The van der Waals surface area contributed by atoms with E-state index in [0.29, 0.717) is 12.3 Å². The quantitative estimate of drug-likeness (QED) is 0.753. The Labute approximate surface area is 98.1 Å². The van der Waals surface area contributed by atoms with Crippen LogP contribution in [0.15, 0.2) is 36.9 Å². The van der Waals surface area contributed by atoms with Crippen LogP contribution in [-0.4, -0.2) is 23.1 Å². The summed E-state index contributed by atoms with van der Waals surface area (Å²) in [6.45, 7) is 4.17. The largest absolute Gasteiger partial charge is 0.322 e. The van der Waals surface area contributed by atoms with E-state index in [9.17, 15) is 9.18 Å². The highest BCUT2D eigenvalue weighted by atomic mass is 32.2. The molecule has 2 rings (SSSR count). The molecule has 4 heteroatoms. The van der Waals surface area contributed by atoms with Crippen LogP contribution in [0.5, 0.6) is 0 Å². The summed E-state index contributed by atoms with van der Waals surface area (Å²) in [6, 6.07) is 6.29. The lowest BCUT2D eigenvalue weighted by atomic mass is 10.2. The Bertz CT molecular complexity index is 404. The van der Waals surface area contributed by atoms with Gasteiger partial charge in [0.1, 0.15) is 11.2 Å². The highest BCUT2D eigenvalue weighted by molar-refractivity contribution is 8.00. The fourth-order valence-corrected chi connectivity index (χ4v) is 2.89. The predicted molar refractivity (Wildman–Crippen MR) is 63.5 cm³/mol. The number of hydrogen-bond donors (Lipinski definition) is 0.